The number of rotatable bonds is 4. The molecule has 0 aliphatic carbocycles. The predicted molar refractivity (Wildman–Crippen MR) is 66.1 cm³/mol. The van der Waals surface area contributed by atoms with Gasteiger partial charge in [-0.15, -0.1) is 0 Å². The van der Waals surface area contributed by atoms with Crippen molar-refractivity contribution in [3.8, 4) is 5.88 Å². The van der Waals surface area contributed by atoms with E-state index in [1.54, 1.807) is 7.11 Å². The summed E-state index contributed by atoms with van der Waals surface area (Å²) in [6, 6.07) is 5.64. The van der Waals surface area contributed by atoms with Crippen molar-refractivity contribution < 1.29 is 4.74 Å². The lowest BCUT2D eigenvalue weighted by Crippen LogP contribution is -2.03. The lowest BCUT2D eigenvalue weighted by Gasteiger charge is -2.06. The summed E-state index contributed by atoms with van der Waals surface area (Å²) in [6.45, 7) is 2.75. The Morgan fingerprint density at radius 3 is 2.88 bits per heavy atom. The van der Waals surface area contributed by atoms with Crippen LogP contribution in [0.4, 0.5) is 5.82 Å². The zero-order valence-corrected chi connectivity index (χ0v) is 10.3. The zero-order valence-electron chi connectivity index (χ0n) is 10.3. The molecule has 1 N–H and O–H groups in total. The van der Waals surface area contributed by atoms with Crippen molar-refractivity contribution >= 4 is 5.82 Å². The average Bonchev–Trinajstić information content (AvgIpc) is 2.68. The van der Waals surface area contributed by atoms with E-state index in [4.69, 9.17) is 4.74 Å². The fraction of sp³-hybridized carbons (Fsp3) is 0.333. The molecule has 0 unspecified atom stereocenters. The van der Waals surface area contributed by atoms with Crippen molar-refractivity contribution in [3.63, 3.8) is 0 Å². The fourth-order valence-electron chi connectivity index (χ4n) is 1.53. The van der Waals surface area contributed by atoms with E-state index in [1.165, 1.54) is 0 Å². The highest BCUT2D eigenvalue weighted by molar-refractivity contribution is 5.38. The van der Waals surface area contributed by atoms with Crippen molar-refractivity contribution in [3.05, 3.63) is 35.7 Å². The normalized spacial score (nSPS) is 10.3. The molecule has 0 spiro atoms. The summed E-state index contributed by atoms with van der Waals surface area (Å²) in [7, 11) is 3.54. The minimum Gasteiger partial charge on any atom is -0.481 e. The number of pyridine rings is 1. The highest BCUT2D eigenvalue weighted by atomic mass is 16.5. The second-order valence-electron chi connectivity index (χ2n) is 3.80. The van der Waals surface area contributed by atoms with E-state index in [0.717, 1.165) is 17.1 Å². The van der Waals surface area contributed by atoms with E-state index in [-0.39, 0.29) is 0 Å². The molecule has 0 atom stereocenters. The Morgan fingerprint density at radius 2 is 2.24 bits per heavy atom. The summed E-state index contributed by atoms with van der Waals surface area (Å²) in [5, 5.41) is 7.44. The number of nitrogens with one attached hydrogen (secondary N) is 1. The number of aromatic nitrogens is 3. The van der Waals surface area contributed by atoms with Crippen LogP contribution in [-0.4, -0.2) is 21.9 Å². The summed E-state index contributed by atoms with van der Waals surface area (Å²) in [6.07, 6.45) is 1.86. The summed E-state index contributed by atoms with van der Waals surface area (Å²) in [5.41, 5.74) is 2.32. The van der Waals surface area contributed by atoms with Gasteiger partial charge in [0.2, 0.25) is 5.88 Å². The Labute approximate surface area is 100 Å². The molecular weight excluding hydrogens is 216 g/mol. The first-order valence-electron chi connectivity index (χ1n) is 5.43. The van der Waals surface area contributed by atoms with E-state index >= 15 is 0 Å². The van der Waals surface area contributed by atoms with Crippen LogP contribution in [0.3, 0.4) is 0 Å². The van der Waals surface area contributed by atoms with Gasteiger partial charge in [-0.2, -0.15) is 10.1 Å². The lowest BCUT2D eigenvalue weighted by atomic mass is 10.2. The topological polar surface area (TPSA) is 52.0 Å². The third kappa shape index (κ3) is 2.55. The Hall–Kier alpha value is -2.04. The van der Waals surface area contributed by atoms with Crippen LogP contribution in [0.25, 0.3) is 0 Å². The maximum Gasteiger partial charge on any atom is 0.214 e. The second kappa shape index (κ2) is 4.86. The van der Waals surface area contributed by atoms with Gasteiger partial charge in [0.1, 0.15) is 5.82 Å². The molecule has 2 rings (SSSR count). The van der Waals surface area contributed by atoms with E-state index < -0.39 is 0 Å². The molecule has 0 aliphatic rings. The molecule has 0 aromatic carbocycles. The van der Waals surface area contributed by atoms with Crippen LogP contribution >= 0.6 is 0 Å². The van der Waals surface area contributed by atoms with Crippen molar-refractivity contribution in [1.29, 1.82) is 0 Å². The highest BCUT2D eigenvalue weighted by Gasteiger charge is 2.03. The lowest BCUT2D eigenvalue weighted by molar-refractivity contribution is 0.398. The molecule has 0 bridgehead atoms. The molecule has 90 valence electrons. The third-order valence-electron chi connectivity index (χ3n) is 2.73. The van der Waals surface area contributed by atoms with Crippen molar-refractivity contribution in [2.75, 3.05) is 12.4 Å². The maximum absolute atomic E-state index is 5.07. The van der Waals surface area contributed by atoms with Gasteiger partial charge < -0.3 is 10.1 Å². The van der Waals surface area contributed by atoms with Crippen LogP contribution in [-0.2, 0) is 13.6 Å². The van der Waals surface area contributed by atoms with Crippen LogP contribution in [0.5, 0.6) is 5.88 Å². The molecule has 0 saturated carbocycles. The minimum absolute atomic E-state index is 0.609. The van der Waals surface area contributed by atoms with Gasteiger partial charge in [-0.3, -0.25) is 4.68 Å². The van der Waals surface area contributed by atoms with Gasteiger partial charge >= 0.3 is 0 Å². The number of nitrogens with zero attached hydrogens (tertiary/aromatic N) is 3. The van der Waals surface area contributed by atoms with Crippen molar-refractivity contribution in [2.24, 2.45) is 7.05 Å². The number of anilines is 1. The van der Waals surface area contributed by atoms with Crippen LogP contribution < -0.4 is 10.1 Å². The third-order valence-corrected chi connectivity index (χ3v) is 2.73. The van der Waals surface area contributed by atoms with Gasteiger partial charge in [0.05, 0.1) is 13.3 Å². The van der Waals surface area contributed by atoms with Gasteiger partial charge in [0.15, 0.2) is 0 Å². The first-order valence-corrected chi connectivity index (χ1v) is 5.43. The molecule has 2 heterocycles. The highest BCUT2D eigenvalue weighted by Crippen LogP contribution is 2.13. The minimum atomic E-state index is 0.609. The molecule has 5 nitrogen and oxygen atoms in total. The number of aryl methyl sites for hydroxylation is 1. The van der Waals surface area contributed by atoms with Crippen molar-refractivity contribution in [1.82, 2.24) is 14.8 Å². The number of hydrogen-bond donors (Lipinski definition) is 1. The summed E-state index contributed by atoms with van der Waals surface area (Å²) in [4.78, 5) is 4.28. The molecular formula is C12H16N4O. The molecule has 0 radical (unpaired) electrons. The van der Waals surface area contributed by atoms with Crippen LogP contribution in [0, 0.1) is 6.92 Å². The molecule has 0 saturated heterocycles. The standard InChI is InChI=1S/C12H16N4O/c1-9-10(8-14-16(9)2)7-13-11-5-4-6-12(15-11)17-3/h4-6,8H,7H2,1-3H3,(H,13,15). The number of hydrogen-bond acceptors (Lipinski definition) is 4. The quantitative estimate of drug-likeness (QED) is 0.872. The summed E-state index contributed by atoms with van der Waals surface area (Å²) < 4.78 is 6.92. The first kappa shape index (κ1) is 11.4. The SMILES string of the molecule is COc1cccc(NCc2cnn(C)c2C)n1. The Kier molecular flexibility index (Phi) is 3.27. The maximum atomic E-state index is 5.07. The average molecular weight is 232 g/mol. The number of ether oxygens (including phenoxy) is 1. The fourth-order valence-corrected chi connectivity index (χ4v) is 1.53. The smallest absolute Gasteiger partial charge is 0.214 e. The Balaban J connectivity index is 2.04. The van der Waals surface area contributed by atoms with Crippen LogP contribution in [0.15, 0.2) is 24.4 Å². The largest absolute Gasteiger partial charge is 0.481 e. The van der Waals surface area contributed by atoms with E-state index in [1.807, 2.05) is 43.0 Å². The first-order chi connectivity index (χ1) is 8.20. The zero-order chi connectivity index (χ0) is 12.3. The van der Waals surface area contributed by atoms with Gasteiger partial charge in [-0.1, -0.05) is 6.07 Å². The van der Waals surface area contributed by atoms with Crippen LogP contribution in [0.1, 0.15) is 11.3 Å². The summed E-state index contributed by atoms with van der Waals surface area (Å²) in [5.74, 6) is 1.41. The summed E-state index contributed by atoms with van der Waals surface area (Å²) >= 11 is 0. The molecule has 0 fully saturated rings. The van der Waals surface area contributed by atoms with Crippen molar-refractivity contribution in [2.45, 2.75) is 13.5 Å². The molecule has 5 heteroatoms. The van der Waals surface area contributed by atoms with E-state index in [2.05, 4.69) is 15.4 Å². The van der Waals surface area contributed by atoms with Gasteiger partial charge in [-0.05, 0) is 13.0 Å². The Bertz CT molecular complexity index is 507. The van der Waals surface area contributed by atoms with E-state index in [9.17, 15) is 0 Å². The second-order valence-corrected chi connectivity index (χ2v) is 3.80. The van der Waals surface area contributed by atoms with Gasteiger partial charge in [-0.25, -0.2) is 0 Å². The van der Waals surface area contributed by atoms with Gasteiger partial charge in [0.25, 0.3) is 0 Å². The molecule has 0 aliphatic heterocycles. The predicted octanol–water partition coefficient (Wildman–Crippen LogP) is 1.74. The monoisotopic (exact) mass is 232 g/mol. The van der Waals surface area contributed by atoms with Gasteiger partial charge in [0, 0.05) is 30.9 Å². The Morgan fingerprint density at radius 1 is 1.41 bits per heavy atom. The molecule has 0 amide bonds. The molecule has 17 heavy (non-hydrogen) atoms. The number of methoxy groups -OCH3 is 1. The van der Waals surface area contributed by atoms with E-state index in [0.29, 0.717) is 12.4 Å². The molecule has 2 aromatic heterocycles. The molecule has 2 aromatic rings. The van der Waals surface area contributed by atoms with Crippen LogP contribution in [0.2, 0.25) is 0 Å².